The quantitative estimate of drug-likeness (QED) is 0.630. The number of aliphatic hydroxyl groups excluding tert-OH is 1. The third-order valence-electron chi connectivity index (χ3n) is 5.32. The van der Waals surface area contributed by atoms with Crippen LogP contribution < -0.4 is 10.2 Å². The van der Waals surface area contributed by atoms with Gasteiger partial charge in [0.25, 0.3) is 11.6 Å². The molecule has 3 rings (SSSR count). The molecule has 0 atom stereocenters. The first kappa shape index (κ1) is 17.7. The standard InChI is InChI=1S/C18H25N3O4/c22-12-13-3-5-14(6-4-13)19-18(23)16-11-15(21(24)25)7-8-17(16)20-9-1-2-10-20/h7-8,11,13-14,22H,1-6,9-10,12H2,(H,19,23). The monoisotopic (exact) mass is 347 g/mol. The van der Waals surface area contributed by atoms with Crippen molar-refractivity contribution in [2.75, 3.05) is 24.6 Å². The predicted octanol–water partition coefficient (Wildman–Crippen LogP) is 2.48. The lowest BCUT2D eigenvalue weighted by molar-refractivity contribution is -0.384. The van der Waals surface area contributed by atoms with E-state index < -0.39 is 4.92 Å². The van der Waals surface area contributed by atoms with E-state index in [0.717, 1.165) is 57.3 Å². The Labute approximate surface area is 147 Å². The van der Waals surface area contributed by atoms with Crippen molar-refractivity contribution in [2.24, 2.45) is 5.92 Å². The van der Waals surface area contributed by atoms with Crippen LogP contribution in [-0.2, 0) is 0 Å². The molecular weight excluding hydrogens is 322 g/mol. The average molecular weight is 347 g/mol. The number of rotatable bonds is 5. The van der Waals surface area contributed by atoms with Gasteiger partial charge in [0, 0.05) is 37.9 Å². The maximum atomic E-state index is 12.8. The van der Waals surface area contributed by atoms with E-state index in [1.54, 1.807) is 6.07 Å². The number of anilines is 1. The van der Waals surface area contributed by atoms with E-state index in [-0.39, 0.29) is 24.2 Å². The highest BCUT2D eigenvalue weighted by Gasteiger charge is 2.26. The molecule has 25 heavy (non-hydrogen) atoms. The molecule has 0 bridgehead atoms. The maximum Gasteiger partial charge on any atom is 0.270 e. The Morgan fingerprint density at radius 1 is 1.24 bits per heavy atom. The summed E-state index contributed by atoms with van der Waals surface area (Å²) in [4.78, 5) is 25.6. The van der Waals surface area contributed by atoms with E-state index in [4.69, 9.17) is 0 Å². The van der Waals surface area contributed by atoms with Gasteiger partial charge >= 0.3 is 0 Å². The summed E-state index contributed by atoms with van der Waals surface area (Å²) in [6.45, 7) is 1.95. The van der Waals surface area contributed by atoms with E-state index in [9.17, 15) is 20.0 Å². The van der Waals surface area contributed by atoms with Crippen molar-refractivity contribution in [2.45, 2.75) is 44.6 Å². The van der Waals surface area contributed by atoms with Gasteiger partial charge in [-0.1, -0.05) is 0 Å². The lowest BCUT2D eigenvalue weighted by Crippen LogP contribution is -2.38. The summed E-state index contributed by atoms with van der Waals surface area (Å²) in [5.41, 5.74) is 1.11. The lowest BCUT2D eigenvalue weighted by atomic mass is 9.86. The van der Waals surface area contributed by atoms with Gasteiger partial charge in [0.2, 0.25) is 0 Å². The summed E-state index contributed by atoms with van der Waals surface area (Å²) >= 11 is 0. The molecule has 1 saturated carbocycles. The maximum absolute atomic E-state index is 12.8. The number of carbonyl (C=O) groups is 1. The third kappa shape index (κ3) is 4.10. The Hall–Kier alpha value is -2.15. The van der Waals surface area contributed by atoms with E-state index in [2.05, 4.69) is 10.2 Å². The topological polar surface area (TPSA) is 95.7 Å². The highest BCUT2D eigenvalue weighted by molar-refractivity contribution is 6.00. The molecule has 1 saturated heterocycles. The van der Waals surface area contributed by atoms with Crippen molar-refractivity contribution in [3.8, 4) is 0 Å². The van der Waals surface area contributed by atoms with Crippen LogP contribution in [0.15, 0.2) is 18.2 Å². The average Bonchev–Trinajstić information content (AvgIpc) is 3.16. The van der Waals surface area contributed by atoms with Gasteiger partial charge in [0.05, 0.1) is 16.2 Å². The number of aliphatic hydroxyl groups is 1. The number of nitro benzene ring substituents is 1. The van der Waals surface area contributed by atoms with Crippen LogP contribution in [0.3, 0.4) is 0 Å². The zero-order valence-corrected chi connectivity index (χ0v) is 14.3. The fourth-order valence-electron chi connectivity index (χ4n) is 3.81. The second-order valence-electron chi connectivity index (χ2n) is 7.03. The fourth-order valence-corrected chi connectivity index (χ4v) is 3.81. The number of benzene rings is 1. The van der Waals surface area contributed by atoms with Gasteiger partial charge in [0.1, 0.15) is 0 Å². The minimum absolute atomic E-state index is 0.0583. The van der Waals surface area contributed by atoms with Crippen LogP contribution in [-0.4, -0.2) is 41.7 Å². The summed E-state index contributed by atoms with van der Waals surface area (Å²) in [6.07, 6.45) is 5.62. The number of carbonyl (C=O) groups excluding carboxylic acids is 1. The van der Waals surface area contributed by atoms with Crippen LogP contribution in [0.5, 0.6) is 0 Å². The molecule has 1 aromatic carbocycles. The van der Waals surface area contributed by atoms with Crippen molar-refractivity contribution in [1.29, 1.82) is 0 Å². The lowest BCUT2D eigenvalue weighted by Gasteiger charge is -2.28. The van der Waals surface area contributed by atoms with Crippen LogP contribution in [0, 0.1) is 16.0 Å². The molecule has 2 aliphatic rings. The normalized spacial score (nSPS) is 23.5. The van der Waals surface area contributed by atoms with Crippen LogP contribution in [0.1, 0.15) is 48.9 Å². The highest BCUT2D eigenvalue weighted by atomic mass is 16.6. The zero-order chi connectivity index (χ0) is 17.8. The molecule has 0 aromatic heterocycles. The highest BCUT2D eigenvalue weighted by Crippen LogP contribution is 2.29. The Morgan fingerprint density at radius 2 is 1.92 bits per heavy atom. The van der Waals surface area contributed by atoms with Crippen LogP contribution >= 0.6 is 0 Å². The van der Waals surface area contributed by atoms with Gasteiger partial charge in [0.15, 0.2) is 0 Å². The molecule has 2 N–H and O–H groups in total. The molecule has 2 fully saturated rings. The smallest absolute Gasteiger partial charge is 0.270 e. The first-order valence-electron chi connectivity index (χ1n) is 9.03. The van der Waals surface area contributed by atoms with Gasteiger partial charge in [-0.2, -0.15) is 0 Å². The largest absolute Gasteiger partial charge is 0.396 e. The van der Waals surface area contributed by atoms with E-state index in [1.165, 1.54) is 12.1 Å². The van der Waals surface area contributed by atoms with E-state index in [1.807, 2.05) is 0 Å². The number of hydrogen-bond donors (Lipinski definition) is 2. The second-order valence-corrected chi connectivity index (χ2v) is 7.03. The molecule has 0 spiro atoms. The SMILES string of the molecule is O=C(NC1CCC(CO)CC1)c1cc([N+](=O)[O-])ccc1N1CCCC1. The summed E-state index contributed by atoms with van der Waals surface area (Å²) in [5.74, 6) is 0.0872. The van der Waals surface area contributed by atoms with Gasteiger partial charge in [-0.05, 0) is 50.5 Å². The fraction of sp³-hybridized carbons (Fsp3) is 0.611. The number of amides is 1. The van der Waals surface area contributed by atoms with Crippen molar-refractivity contribution < 1.29 is 14.8 Å². The molecule has 1 aromatic rings. The molecule has 0 unspecified atom stereocenters. The Balaban J connectivity index is 1.77. The molecule has 1 heterocycles. The second kappa shape index (κ2) is 7.82. The predicted molar refractivity (Wildman–Crippen MR) is 94.8 cm³/mol. The van der Waals surface area contributed by atoms with Crippen LogP contribution in [0.2, 0.25) is 0 Å². The summed E-state index contributed by atoms with van der Waals surface area (Å²) in [6, 6.07) is 4.63. The number of nitrogens with one attached hydrogen (secondary N) is 1. The molecular formula is C18H25N3O4. The molecule has 1 aliphatic heterocycles. The van der Waals surface area contributed by atoms with Crippen LogP contribution in [0.4, 0.5) is 11.4 Å². The van der Waals surface area contributed by atoms with Crippen molar-refractivity contribution in [1.82, 2.24) is 5.32 Å². The van der Waals surface area contributed by atoms with Gasteiger partial charge in [-0.15, -0.1) is 0 Å². The van der Waals surface area contributed by atoms with Crippen molar-refractivity contribution >= 4 is 17.3 Å². The molecule has 1 aliphatic carbocycles. The first-order chi connectivity index (χ1) is 12.1. The molecule has 0 radical (unpaired) electrons. The Kier molecular flexibility index (Phi) is 5.53. The summed E-state index contributed by atoms with van der Waals surface area (Å²) < 4.78 is 0. The number of hydrogen-bond acceptors (Lipinski definition) is 5. The van der Waals surface area contributed by atoms with E-state index >= 15 is 0 Å². The van der Waals surface area contributed by atoms with E-state index in [0.29, 0.717) is 11.5 Å². The summed E-state index contributed by atoms with van der Waals surface area (Å²) in [7, 11) is 0. The van der Waals surface area contributed by atoms with Gasteiger partial charge < -0.3 is 15.3 Å². The molecule has 136 valence electrons. The molecule has 7 nitrogen and oxygen atoms in total. The van der Waals surface area contributed by atoms with Crippen LogP contribution in [0.25, 0.3) is 0 Å². The number of non-ortho nitro benzene ring substituents is 1. The molecule has 1 amide bonds. The third-order valence-corrected chi connectivity index (χ3v) is 5.32. The molecule has 7 heteroatoms. The minimum Gasteiger partial charge on any atom is -0.396 e. The van der Waals surface area contributed by atoms with Crippen molar-refractivity contribution in [3.63, 3.8) is 0 Å². The number of nitro groups is 1. The first-order valence-corrected chi connectivity index (χ1v) is 9.03. The Morgan fingerprint density at radius 3 is 2.52 bits per heavy atom. The summed E-state index contributed by atoms with van der Waals surface area (Å²) in [5, 5.41) is 23.4. The number of nitrogens with zero attached hydrogens (tertiary/aromatic N) is 2. The van der Waals surface area contributed by atoms with Crippen molar-refractivity contribution in [3.05, 3.63) is 33.9 Å². The zero-order valence-electron chi connectivity index (χ0n) is 14.3. The van der Waals surface area contributed by atoms with Gasteiger partial charge in [-0.3, -0.25) is 14.9 Å². The Bertz CT molecular complexity index is 635. The minimum atomic E-state index is -0.461. The van der Waals surface area contributed by atoms with Gasteiger partial charge in [-0.25, -0.2) is 0 Å².